The van der Waals surface area contributed by atoms with Crippen LogP contribution in [0.2, 0.25) is 0 Å². The molecule has 0 spiro atoms. The van der Waals surface area contributed by atoms with Crippen molar-refractivity contribution in [3.63, 3.8) is 0 Å². The molecule has 0 unspecified atom stereocenters. The number of rotatable bonds is 8. The third-order valence-corrected chi connectivity index (χ3v) is 3.03. The molecular weight excluding hydrogens is 172 g/mol. The van der Waals surface area contributed by atoms with Gasteiger partial charge in [0.2, 0.25) is 0 Å². The summed E-state index contributed by atoms with van der Waals surface area (Å²) in [6.45, 7) is 8.43. The molecule has 1 aliphatic heterocycles. The minimum atomic E-state index is 0.408. The Bertz CT molecular complexity index is 174. The Labute approximate surface area is 88.5 Å². The molecule has 1 aliphatic rings. The SMILES string of the molecule is C=C(CC)[C@H]1O[C@@H]1CCCCCCC. The zero-order chi connectivity index (χ0) is 10.4. The lowest BCUT2D eigenvalue weighted by atomic mass is 10.0. The van der Waals surface area contributed by atoms with E-state index in [4.69, 9.17) is 4.74 Å². The first-order valence-electron chi connectivity index (χ1n) is 6.12. The van der Waals surface area contributed by atoms with Crippen LogP contribution in [0.25, 0.3) is 0 Å². The van der Waals surface area contributed by atoms with Gasteiger partial charge in [-0.05, 0) is 18.4 Å². The molecule has 0 radical (unpaired) electrons. The molecule has 82 valence electrons. The van der Waals surface area contributed by atoms with E-state index in [9.17, 15) is 0 Å². The summed E-state index contributed by atoms with van der Waals surface area (Å²) < 4.78 is 5.58. The maximum atomic E-state index is 5.58. The number of epoxide rings is 1. The highest BCUT2D eigenvalue weighted by Crippen LogP contribution is 2.33. The molecule has 0 aromatic rings. The van der Waals surface area contributed by atoms with E-state index >= 15 is 0 Å². The molecular formula is C13H24O. The van der Waals surface area contributed by atoms with Crippen molar-refractivity contribution in [2.45, 2.75) is 71.0 Å². The number of unbranched alkanes of at least 4 members (excludes halogenated alkanes) is 4. The molecule has 0 aromatic carbocycles. The number of ether oxygens (including phenoxy) is 1. The van der Waals surface area contributed by atoms with E-state index in [-0.39, 0.29) is 0 Å². The average molecular weight is 196 g/mol. The molecule has 14 heavy (non-hydrogen) atoms. The maximum absolute atomic E-state index is 5.58. The van der Waals surface area contributed by atoms with Crippen molar-refractivity contribution in [2.75, 3.05) is 0 Å². The van der Waals surface area contributed by atoms with Crippen LogP contribution in [0.15, 0.2) is 12.2 Å². The van der Waals surface area contributed by atoms with Crippen LogP contribution in [0, 0.1) is 0 Å². The standard InChI is InChI=1S/C13H24O/c1-4-6-7-8-9-10-12-13(14-12)11(3)5-2/h12-13H,3-10H2,1-2H3/t12-,13-/m1/s1. The predicted octanol–water partition coefficient (Wildman–Crippen LogP) is 4.08. The second-order valence-corrected chi connectivity index (χ2v) is 4.31. The fourth-order valence-electron chi connectivity index (χ4n) is 1.87. The Balaban J connectivity index is 1.93. The van der Waals surface area contributed by atoms with Crippen LogP contribution in [-0.4, -0.2) is 12.2 Å². The van der Waals surface area contributed by atoms with Crippen LogP contribution < -0.4 is 0 Å². The molecule has 1 fully saturated rings. The van der Waals surface area contributed by atoms with Crippen LogP contribution in [-0.2, 0) is 4.74 Å². The van der Waals surface area contributed by atoms with E-state index in [1.54, 1.807) is 0 Å². The molecule has 1 heteroatoms. The Morgan fingerprint density at radius 2 is 1.86 bits per heavy atom. The highest BCUT2D eigenvalue weighted by molar-refractivity contribution is 5.12. The van der Waals surface area contributed by atoms with Crippen LogP contribution >= 0.6 is 0 Å². The summed E-state index contributed by atoms with van der Waals surface area (Å²) in [6, 6.07) is 0. The first-order chi connectivity index (χ1) is 6.79. The maximum Gasteiger partial charge on any atom is 0.105 e. The minimum Gasteiger partial charge on any atom is -0.365 e. The van der Waals surface area contributed by atoms with Crippen molar-refractivity contribution in [1.82, 2.24) is 0 Å². The molecule has 2 atom stereocenters. The average Bonchev–Trinajstić information content (AvgIpc) is 2.96. The smallest absolute Gasteiger partial charge is 0.105 e. The molecule has 1 saturated heterocycles. The third-order valence-electron chi connectivity index (χ3n) is 3.03. The fourth-order valence-corrected chi connectivity index (χ4v) is 1.87. The lowest BCUT2D eigenvalue weighted by molar-refractivity contribution is 0.368. The van der Waals surface area contributed by atoms with Gasteiger partial charge in [-0.1, -0.05) is 52.5 Å². The van der Waals surface area contributed by atoms with Gasteiger partial charge in [-0.15, -0.1) is 0 Å². The molecule has 1 rings (SSSR count). The number of hydrogen-bond donors (Lipinski definition) is 0. The highest BCUT2D eigenvalue weighted by Gasteiger charge is 2.38. The van der Waals surface area contributed by atoms with Gasteiger partial charge in [0.1, 0.15) is 6.10 Å². The zero-order valence-corrected chi connectivity index (χ0v) is 9.72. The summed E-state index contributed by atoms with van der Waals surface area (Å²) in [5.74, 6) is 0. The first-order valence-corrected chi connectivity index (χ1v) is 6.12. The van der Waals surface area contributed by atoms with E-state index < -0.39 is 0 Å². The van der Waals surface area contributed by atoms with Gasteiger partial charge in [0, 0.05) is 0 Å². The Kier molecular flexibility index (Phi) is 5.24. The van der Waals surface area contributed by atoms with Gasteiger partial charge >= 0.3 is 0 Å². The molecule has 0 bridgehead atoms. The molecule has 0 amide bonds. The fraction of sp³-hybridized carbons (Fsp3) is 0.846. The molecule has 0 aliphatic carbocycles. The minimum absolute atomic E-state index is 0.408. The molecule has 0 N–H and O–H groups in total. The molecule has 1 heterocycles. The summed E-state index contributed by atoms with van der Waals surface area (Å²) in [7, 11) is 0. The van der Waals surface area contributed by atoms with Crippen LogP contribution in [0.4, 0.5) is 0 Å². The zero-order valence-electron chi connectivity index (χ0n) is 9.72. The van der Waals surface area contributed by atoms with Crippen molar-refractivity contribution in [2.24, 2.45) is 0 Å². The predicted molar refractivity (Wildman–Crippen MR) is 61.5 cm³/mol. The largest absolute Gasteiger partial charge is 0.365 e. The second-order valence-electron chi connectivity index (χ2n) is 4.31. The summed E-state index contributed by atoms with van der Waals surface area (Å²) in [5, 5.41) is 0. The van der Waals surface area contributed by atoms with Crippen LogP contribution in [0.3, 0.4) is 0 Å². The summed E-state index contributed by atoms with van der Waals surface area (Å²) in [5.41, 5.74) is 1.28. The van der Waals surface area contributed by atoms with Crippen molar-refractivity contribution < 1.29 is 4.74 Å². The topological polar surface area (TPSA) is 12.5 Å². The van der Waals surface area contributed by atoms with Gasteiger partial charge in [-0.3, -0.25) is 0 Å². The van der Waals surface area contributed by atoms with Gasteiger partial charge in [0.25, 0.3) is 0 Å². The van der Waals surface area contributed by atoms with E-state index in [0.29, 0.717) is 12.2 Å². The van der Waals surface area contributed by atoms with Gasteiger partial charge in [0.15, 0.2) is 0 Å². The van der Waals surface area contributed by atoms with Gasteiger partial charge in [-0.2, -0.15) is 0 Å². The Morgan fingerprint density at radius 1 is 1.14 bits per heavy atom. The normalized spacial score (nSPS) is 25.0. The molecule has 0 aromatic heterocycles. The summed E-state index contributed by atoms with van der Waals surface area (Å²) in [4.78, 5) is 0. The van der Waals surface area contributed by atoms with Crippen LogP contribution in [0.5, 0.6) is 0 Å². The molecule has 0 saturated carbocycles. The van der Waals surface area contributed by atoms with Gasteiger partial charge in [0.05, 0.1) is 6.10 Å². The highest BCUT2D eigenvalue weighted by atomic mass is 16.6. The van der Waals surface area contributed by atoms with Crippen molar-refractivity contribution >= 4 is 0 Å². The summed E-state index contributed by atoms with van der Waals surface area (Å²) in [6.07, 6.45) is 10.0. The number of hydrogen-bond acceptors (Lipinski definition) is 1. The van der Waals surface area contributed by atoms with Crippen LogP contribution in [0.1, 0.15) is 58.8 Å². The molecule has 1 nitrogen and oxygen atoms in total. The van der Waals surface area contributed by atoms with E-state index in [2.05, 4.69) is 20.4 Å². The van der Waals surface area contributed by atoms with E-state index in [0.717, 1.165) is 6.42 Å². The van der Waals surface area contributed by atoms with Crippen molar-refractivity contribution in [3.05, 3.63) is 12.2 Å². The van der Waals surface area contributed by atoms with Gasteiger partial charge in [-0.25, -0.2) is 0 Å². The van der Waals surface area contributed by atoms with Crippen molar-refractivity contribution in [1.29, 1.82) is 0 Å². The third kappa shape index (κ3) is 3.83. The summed E-state index contributed by atoms with van der Waals surface area (Å²) >= 11 is 0. The lowest BCUT2D eigenvalue weighted by Gasteiger charge is -1.98. The van der Waals surface area contributed by atoms with E-state index in [1.807, 2.05) is 0 Å². The Hall–Kier alpha value is -0.300. The second kappa shape index (κ2) is 6.23. The van der Waals surface area contributed by atoms with Crippen molar-refractivity contribution in [3.8, 4) is 0 Å². The monoisotopic (exact) mass is 196 g/mol. The van der Waals surface area contributed by atoms with Gasteiger partial charge < -0.3 is 4.74 Å². The lowest BCUT2D eigenvalue weighted by Crippen LogP contribution is -1.96. The van der Waals surface area contributed by atoms with E-state index in [1.165, 1.54) is 44.1 Å². The first kappa shape index (κ1) is 11.8. The Morgan fingerprint density at radius 3 is 2.50 bits per heavy atom. The quantitative estimate of drug-likeness (QED) is 0.324.